The number of thiazole rings is 1. The maximum absolute atomic E-state index is 12.3. The van der Waals surface area contributed by atoms with Gasteiger partial charge in [0.25, 0.3) is 5.91 Å². The molecule has 0 N–H and O–H groups in total. The van der Waals surface area contributed by atoms with Gasteiger partial charge in [0.05, 0.1) is 32.8 Å². The molecule has 25 heavy (non-hydrogen) atoms. The minimum absolute atomic E-state index is 0.0252. The molecule has 1 saturated heterocycles. The zero-order chi connectivity index (χ0) is 18.0. The number of likely N-dealkylation sites (N-methyl/N-ethyl adjacent to an activating group) is 1. The molecule has 7 nitrogen and oxygen atoms in total. The first kappa shape index (κ1) is 17.8. The summed E-state index contributed by atoms with van der Waals surface area (Å²) in [7, 11) is -3.08. The van der Waals surface area contributed by atoms with Crippen molar-refractivity contribution in [3.05, 3.63) is 29.3 Å². The van der Waals surface area contributed by atoms with Gasteiger partial charge in [-0.2, -0.15) is 0 Å². The molecule has 0 spiro atoms. The second-order valence-electron chi connectivity index (χ2n) is 5.85. The number of esters is 1. The lowest BCUT2D eigenvalue weighted by Crippen LogP contribution is -2.43. The van der Waals surface area contributed by atoms with Crippen molar-refractivity contribution in [2.45, 2.75) is 19.4 Å². The smallest absolute Gasteiger partial charge is 0.338 e. The molecule has 2 heterocycles. The van der Waals surface area contributed by atoms with E-state index < -0.39 is 22.4 Å². The van der Waals surface area contributed by atoms with E-state index >= 15 is 0 Å². The zero-order valence-corrected chi connectivity index (χ0v) is 15.3. The maximum Gasteiger partial charge on any atom is 0.338 e. The number of carbonyl (C=O) groups is 2. The topological polar surface area (TPSA) is 93.6 Å². The molecule has 134 valence electrons. The number of carbonyl (C=O) groups excluding carboxylic acids is 2. The largest absolute Gasteiger partial charge is 0.452 e. The van der Waals surface area contributed by atoms with Crippen molar-refractivity contribution in [3.63, 3.8) is 0 Å². The lowest BCUT2D eigenvalue weighted by atomic mass is 10.2. The van der Waals surface area contributed by atoms with Crippen LogP contribution in [0.25, 0.3) is 10.2 Å². The van der Waals surface area contributed by atoms with Crippen LogP contribution in [-0.4, -0.2) is 60.9 Å². The summed E-state index contributed by atoms with van der Waals surface area (Å²) in [5.41, 5.74) is 2.85. The fourth-order valence-corrected chi connectivity index (χ4v) is 5.38. The fraction of sp³-hybridized carbons (Fsp3) is 0.438. The van der Waals surface area contributed by atoms with Gasteiger partial charge in [0.1, 0.15) is 0 Å². The van der Waals surface area contributed by atoms with Crippen LogP contribution in [0.4, 0.5) is 0 Å². The SMILES string of the molecule is CCN(C(=O)COC(=O)c1ccc2ncsc2c1)[C@@H]1CCS(=O)(=O)C1. The lowest BCUT2D eigenvalue weighted by molar-refractivity contribution is -0.136. The van der Waals surface area contributed by atoms with Gasteiger partial charge in [0.2, 0.25) is 0 Å². The Kier molecular flexibility index (Phi) is 5.05. The van der Waals surface area contributed by atoms with Crippen LogP contribution in [0.2, 0.25) is 0 Å². The van der Waals surface area contributed by atoms with Gasteiger partial charge in [0.15, 0.2) is 16.4 Å². The molecule has 0 unspecified atom stereocenters. The van der Waals surface area contributed by atoms with Crippen LogP contribution < -0.4 is 0 Å². The predicted octanol–water partition coefficient (Wildman–Crippen LogP) is 1.49. The Hall–Kier alpha value is -2.00. The van der Waals surface area contributed by atoms with Crippen LogP contribution in [0, 0.1) is 0 Å². The van der Waals surface area contributed by atoms with E-state index in [4.69, 9.17) is 4.74 Å². The maximum atomic E-state index is 12.3. The van der Waals surface area contributed by atoms with E-state index in [1.165, 1.54) is 16.2 Å². The zero-order valence-electron chi connectivity index (χ0n) is 13.7. The number of fused-ring (bicyclic) bond motifs is 1. The van der Waals surface area contributed by atoms with Crippen molar-refractivity contribution in [1.29, 1.82) is 0 Å². The summed E-state index contributed by atoms with van der Waals surface area (Å²) in [5, 5.41) is 0. The highest BCUT2D eigenvalue weighted by Gasteiger charge is 2.34. The van der Waals surface area contributed by atoms with E-state index in [2.05, 4.69) is 4.98 Å². The van der Waals surface area contributed by atoms with Crippen LogP contribution in [0.5, 0.6) is 0 Å². The van der Waals surface area contributed by atoms with E-state index in [0.717, 1.165) is 10.2 Å². The Labute approximate surface area is 149 Å². The van der Waals surface area contributed by atoms with E-state index in [-0.39, 0.29) is 23.5 Å². The van der Waals surface area contributed by atoms with Crippen molar-refractivity contribution in [2.75, 3.05) is 24.7 Å². The number of hydrogen-bond donors (Lipinski definition) is 0. The second kappa shape index (κ2) is 7.09. The highest BCUT2D eigenvalue weighted by molar-refractivity contribution is 7.91. The van der Waals surface area contributed by atoms with Crippen molar-refractivity contribution in [1.82, 2.24) is 9.88 Å². The van der Waals surface area contributed by atoms with Crippen molar-refractivity contribution in [3.8, 4) is 0 Å². The van der Waals surface area contributed by atoms with E-state index in [0.29, 0.717) is 18.5 Å². The Morgan fingerprint density at radius 1 is 1.40 bits per heavy atom. The van der Waals surface area contributed by atoms with Gasteiger partial charge in [-0.25, -0.2) is 18.2 Å². The molecule has 0 bridgehead atoms. The molecular formula is C16H18N2O5S2. The van der Waals surface area contributed by atoms with Crippen LogP contribution in [-0.2, 0) is 19.4 Å². The molecule has 0 radical (unpaired) electrons. The summed E-state index contributed by atoms with van der Waals surface area (Å²) in [6.45, 7) is 1.76. The van der Waals surface area contributed by atoms with Gasteiger partial charge in [-0.1, -0.05) is 0 Å². The Balaban J connectivity index is 1.61. The number of nitrogens with zero attached hydrogens (tertiary/aromatic N) is 2. The lowest BCUT2D eigenvalue weighted by Gasteiger charge is -2.26. The molecule has 1 aliphatic rings. The molecule has 1 amide bonds. The summed E-state index contributed by atoms with van der Waals surface area (Å²) >= 11 is 1.42. The molecule has 3 rings (SSSR count). The minimum atomic E-state index is -3.08. The van der Waals surface area contributed by atoms with Crippen molar-refractivity contribution < 1.29 is 22.7 Å². The number of hydrogen-bond acceptors (Lipinski definition) is 7. The van der Waals surface area contributed by atoms with Crippen LogP contribution in [0.3, 0.4) is 0 Å². The van der Waals surface area contributed by atoms with E-state index in [1.54, 1.807) is 30.6 Å². The molecular weight excluding hydrogens is 364 g/mol. The molecule has 0 saturated carbocycles. The number of benzene rings is 1. The summed E-state index contributed by atoms with van der Waals surface area (Å²) < 4.78 is 29.2. The minimum Gasteiger partial charge on any atom is -0.452 e. The van der Waals surface area contributed by atoms with Crippen LogP contribution >= 0.6 is 11.3 Å². The van der Waals surface area contributed by atoms with Crippen LogP contribution in [0.15, 0.2) is 23.7 Å². The average molecular weight is 382 g/mol. The number of rotatable bonds is 5. The number of amides is 1. The Bertz CT molecular complexity index is 906. The molecule has 1 aromatic carbocycles. The van der Waals surface area contributed by atoms with Crippen molar-refractivity contribution >= 4 is 43.3 Å². The summed E-state index contributed by atoms with van der Waals surface area (Å²) in [6, 6.07) is 4.68. The highest BCUT2D eigenvalue weighted by atomic mass is 32.2. The molecule has 1 atom stereocenters. The quantitative estimate of drug-likeness (QED) is 0.727. The van der Waals surface area contributed by atoms with Gasteiger partial charge in [-0.05, 0) is 31.5 Å². The number of aromatic nitrogens is 1. The predicted molar refractivity (Wildman–Crippen MR) is 94.3 cm³/mol. The molecule has 1 fully saturated rings. The molecule has 0 aliphatic carbocycles. The molecule has 1 aliphatic heterocycles. The number of ether oxygens (including phenoxy) is 1. The molecule has 2 aromatic rings. The Morgan fingerprint density at radius 2 is 2.20 bits per heavy atom. The normalized spacial score (nSPS) is 19.0. The fourth-order valence-electron chi connectivity index (χ4n) is 2.93. The van der Waals surface area contributed by atoms with Gasteiger partial charge in [0, 0.05) is 12.6 Å². The van der Waals surface area contributed by atoms with Gasteiger partial charge in [-0.3, -0.25) is 4.79 Å². The second-order valence-corrected chi connectivity index (χ2v) is 8.96. The first-order valence-electron chi connectivity index (χ1n) is 7.90. The van der Waals surface area contributed by atoms with E-state index in [1.807, 2.05) is 0 Å². The highest BCUT2D eigenvalue weighted by Crippen LogP contribution is 2.20. The summed E-state index contributed by atoms with van der Waals surface area (Å²) in [4.78, 5) is 30.1. The monoisotopic (exact) mass is 382 g/mol. The van der Waals surface area contributed by atoms with Gasteiger partial charge < -0.3 is 9.64 Å². The van der Waals surface area contributed by atoms with Gasteiger partial charge >= 0.3 is 5.97 Å². The van der Waals surface area contributed by atoms with E-state index in [9.17, 15) is 18.0 Å². The van der Waals surface area contributed by atoms with Crippen molar-refractivity contribution in [2.24, 2.45) is 0 Å². The number of sulfone groups is 1. The van der Waals surface area contributed by atoms with Gasteiger partial charge in [-0.15, -0.1) is 11.3 Å². The molecule has 9 heteroatoms. The third-order valence-electron chi connectivity index (χ3n) is 4.20. The third kappa shape index (κ3) is 3.98. The summed E-state index contributed by atoms with van der Waals surface area (Å²) in [5.74, 6) is -0.894. The molecule has 1 aromatic heterocycles. The third-order valence-corrected chi connectivity index (χ3v) is 6.75. The standard InChI is InChI=1S/C16H18N2O5S2/c1-2-18(12-5-6-25(21,22)9-12)15(19)8-23-16(20)11-3-4-13-14(7-11)24-10-17-13/h3-4,7,10,12H,2,5-6,8-9H2,1H3/t12-/m1/s1. The summed E-state index contributed by atoms with van der Waals surface area (Å²) in [6.07, 6.45) is 0.428. The van der Waals surface area contributed by atoms with Crippen LogP contribution in [0.1, 0.15) is 23.7 Å². The first-order valence-corrected chi connectivity index (χ1v) is 10.6. The first-order chi connectivity index (χ1) is 11.9. The Morgan fingerprint density at radius 3 is 2.88 bits per heavy atom. The average Bonchev–Trinajstić information content (AvgIpc) is 3.18.